The first kappa shape index (κ1) is 14.6. The third-order valence-electron chi connectivity index (χ3n) is 3.70. The Hall–Kier alpha value is -0.840. The van der Waals surface area contributed by atoms with E-state index in [0.717, 1.165) is 24.7 Å². The van der Waals surface area contributed by atoms with Crippen LogP contribution in [0, 0.1) is 13.8 Å². The van der Waals surface area contributed by atoms with E-state index in [2.05, 4.69) is 20.9 Å². The van der Waals surface area contributed by atoms with Gasteiger partial charge in [-0.15, -0.1) is 0 Å². The number of amides is 1. The van der Waals surface area contributed by atoms with Crippen LogP contribution >= 0.6 is 15.9 Å². The van der Waals surface area contributed by atoms with Crippen LogP contribution in [0.1, 0.15) is 54.2 Å². The second-order valence-corrected chi connectivity index (χ2v) is 5.92. The number of halogens is 1. The molecule has 1 aromatic rings. The first-order valence-corrected chi connectivity index (χ1v) is 8.06. The number of aromatic nitrogens is 1. The smallest absolute Gasteiger partial charge is 0.291 e. The molecule has 4 nitrogen and oxygen atoms in total. The zero-order valence-corrected chi connectivity index (χ0v) is 13.2. The molecule has 0 saturated heterocycles. The summed E-state index contributed by atoms with van der Waals surface area (Å²) in [5.41, 5.74) is 0.692. The molecule has 0 N–H and O–H groups in total. The average molecular weight is 329 g/mol. The zero-order valence-electron chi connectivity index (χ0n) is 11.6. The molecule has 0 bridgehead atoms. The molecule has 1 saturated carbocycles. The fourth-order valence-electron chi connectivity index (χ4n) is 2.79. The molecular weight excluding hydrogens is 308 g/mol. The molecule has 1 amide bonds. The van der Waals surface area contributed by atoms with Gasteiger partial charge in [0.2, 0.25) is 5.76 Å². The number of nitrogens with zero attached hydrogens (tertiary/aromatic N) is 2. The van der Waals surface area contributed by atoms with E-state index in [4.69, 9.17) is 4.42 Å². The lowest BCUT2D eigenvalue weighted by Gasteiger charge is -2.33. The van der Waals surface area contributed by atoms with E-state index < -0.39 is 0 Å². The molecule has 0 atom stereocenters. The van der Waals surface area contributed by atoms with Crippen LogP contribution in [-0.2, 0) is 0 Å². The molecular formula is C14H21BrN2O2. The van der Waals surface area contributed by atoms with Crippen molar-refractivity contribution in [2.75, 3.05) is 11.9 Å². The molecule has 0 spiro atoms. The van der Waals surface area contributed by atoms with Crippen molar-refractivity contribution in [3.63, 3.8) is 0 Å². The molecule has 5 heteroatoms. The van der Waals surface area contributed by atoms with E-state index in [0.29, 0.717) is 23.4 Å². The lowest BCUT2D eigenvalue weighted by molar-refractivity contribution is 0.0616. The highest BCUT2D eigenvalue weighted by Gasteiger charge is 2.29. The SMILES string of the molecule is Cc1nc(C)c(C(=O)N(CCBr)C2CCCCC2)o1. The van der Waals surface area contributed by atoms with E-state index >= 15 is 0 Å². The van der Waals surface area contributed by atoms with Gasteiger partial charge in [-0.3, -0.25) is 4.79 Å². The Labute approximate surface area is 122 Å². The monoisotopic (exact) mass is 328 g/mol. The lowest BCUT2D eigenvalue weighted by atomic mass is 9.94. The van der Waals surface area contributed by atoms with Gasteiger partial charge in [-0.05, 0) is 19.8 Å². The van der Waals surface area contributed by atoms with Crippen LogP contribution in [0.2, 0.25) is 0 Å². The van der Waals surface area contributed by atoms with E-state index in [1.807, 2.05) is 11.8 Å². The third-order valence-corrected chi connectivity index (χ3v) is 4.05. The number of oxazole rings is 1. The summed E-state index contributed by atoms with van der Waals surface area (Å²) in [5, 5.41) is 0.793. The second-order valence-electron chi connectivity index (χ2n) is 5.13. The van der Waals surface area contributed by atoms with Crippen molar-refractivity contribution >= 4 is 21.8 Å². The van der Waals surface area contributed by atoms with Crippen LogP contribution in [0.3, 0.4) is 0 Å². The summed E-state index contributed by atoms with van der Waals surface area (Å²) < 4.78 is 5.48. The highest BCUT2D eigenvalue weighted by atomic mass is 79.9. The summed E-state index contributed by atoms with van der Waals surface area (Å²) in [5.74, 6) is 0.955. The van der Waals surface area contributed by atoms with Gasteiger partial charge in [0, 0.05) is 24.8 Å². The fraction of sp³-hybridized carbons (Fsp3) is 0.714. The molecule has 0 aromatic carbocycles. The predicted molar refractivity (Wildman–Crippen MR) is 77.7 cm³/mol. The van der Waals surface area contributed by atoms with Gasteiger partial charge in [-0.2, -0.15) is 0 Å². The molecule has 0 unspecified atom stereocenters. The maximum Gasteiger partial charge on any atom is 0.291 e. The topological polar surface area (TPSA) is 46.3 Å². The predicted octanol–water partition coefficient (Wildman–Crippen LogP) is 3.46. The van der Waals surface area contributed by atoms with Crippen molar-refractivity contribution in [1.82, 2.24) is 9.88 Å². The highest BCUT2D eigenvalue weighted by molar-refractivity contribution is 9.09. The van der Waals surface area contributed by atoms with E-state index in [1.54, 1.807) is 6.92 Å². The van der Waals surface area contributed by atoms with Gasteiger partial charge in [0.1, 0.15) is 0 Å². The minimum atomic E-state index is -0.00977. The van der Waals surface area contributed by atoms with Crippen LogP contribution in [0.15, 0.2) is 4.42 Å². The van der Waals surface area contributed by atoms with Crippen LogP contribution in [0.5, 0.6) is 0 Å². The van der Waals surface area contributed by atoms with Crippen LogP contribution < -0.4 is 0 Å². The summed E-state index contributed by atoms with van der Waals surface area (Å²) in [7, 11) is 0. The number of aryl methyl sites for hydroxylation is 2. The van der Waals surface area contributed by atoms with E-state index in [-0.39, 0.29) is 5.91 Å². The Morgan fingerprint density at radius 2 is 2.05 bits per heavy atom. The molecule has 1 aromatic heterocycles. The third kappa shape index (κ3) is 3.38. The average Bonchev–Trinajstić information content (AvgIpc) is 2.75. The van der Waals surface area contributed by atoms with Crippen LogP contribution in [0.4, 0.5) is 0 Å². The largest absolute Gasteiger partial charge is 0.436 e. The summed E-state index contributed by atoms with van der Waals surface area (Å²) in [4.78, 5) is 18.8. The maximum absolute atomic E-state index is 12.6. The minimum absolute atomic E-state index is 0.00977. The number of carbonyl (C=O) groups excluding carboxylic acids is 1. The van der Waals surface area contributed by atoms with E-state index in [9.17, 15) is 4.79 Å². The van der Waals surface area contributed by atoms with Gasteiger partial charge in [0.05, 0.1) is 5.69 Å². The summed E-state index contributed by atoms with van der Waals surface area (Å²) in [6, 6.07) is 0.351. The van der Waals surface area contributed by atoms with Gasteiger partial charge < -0.3 is 9.32 Å². The molecule has 0 aliphatic heterocycles. The van der Waals surface area contributed by atoms with Crippen molar-refractivity contribution in [1.29, 1.82) is 0 Å². The lowest BCUT2D eigenvalue weighted by Crippen LogP contribution is -2.42. The molecule has 106 valence electrons. The normalized spacial score (nSPS) is 16.6. The second kappa shape index (κ2) is 6.55. The molecule has 1 heterocycles. The Balaban J connectivity index is 2.17. The van der Waals surface area contributed by atoms with Gasteiger partial charge in [-0.25, -0.2) is 4.98 Å². The fourth-order valence-corrected chi connectivity index (χ4v) is 3.18. The number of alkyl halides is 1. The Morgan fingerprint density at radius 1 is 1.37 bits per heavy atom. The zero-order chi connectivity index (χ0) is 13.8. The minimum Gasteiger partial charge on any atom is -0.436 e. The van der Waals surface area contributed by atoms with Gasteiger partial charge in [0.25, 0.3) is 5.91 Å². The van der Waals surface area contributed by atoms with Crippen molar-refractivity contribution in [2.45, 2.75) is 52.0 Å². The van der Waals surface area contributed by atoms with Gasteiger partial charge >= 0.3 is 0 Å². The molecule has 1 fully saturated rings. The Kier molecular flexibility index (Phi) is 5.02. The number of hydrogen-bond acceptors (Lipinski definition) is 3. The standard InChI is InChI=1S/C14H21BrN2O2/c1-10-13(19-11(2)16-10)14(18)17(9-8-15)12-6-4-3-5-7-12/h12H,3-9H2,1-2H3. The van der Waals surface area contributed by atoms with Gasteiger partial charge in [-0.1, -0.05) is 35.2 Å². The summed E-state index contributed by atoms with van der Waals surface area (Å²) in [6.07, 6.45) is 5.92. The maximum atomic E-state index is 12.6. The van der Waals surface area contributed by atoms with Crippen LogP contribution in [0.25, 0.3) is 0 Å². The number of hydrogen-bond donors (Lipinski definition) is 0. The number of rotatable bonds is 4. The first-order valence-electron chi connectivity index (χ1n) is 6.94. The van der Waals surface area contributed by atoms with Gasteiger partial charge in [0.15, 0.2) is 5.89 Å². The quantitative estimate of drug-likeness (QED) is 0.795. The molecule has 2 rings (SSSR count). The van der Waals surface area contributed by atoms with Crippen molar-refractivity contribution in [3.05, 3.63) is 17.3 Å². The molecule has 1 aliphatic rings. The van der Waals surface area contributed by atoms with Crippen molar-refractivity contribution < 1.29 is 9.21 Å². The summed E-state index contributed by atoms with van der Waals surface area (Å²) in [6.45, 7) is 4.33. The Morgan fingerprint density at radius 3 is 2.58 bits per heavy atom. The number of carbonyl (C=O) groups is 1. The summed E-state index contributed by atoms with van der Waals surface area (Å²) >= 11 is 3.44. The molecule has 19 heavy (non-hydrogen) atoms. The first-order chi connectivity index (χ1) is 9.13. The van der Waals surface area contributed by atoms with Crippen molar-refractivity contribution in [2.24, 2.45) is 0 Å². The Bertz CT molecular complexity index is 439. The van der Waals surface area contributed by atoms with Crippen LogP contribution in [-0.4, -0.2) is 33.7 Å². The van der Waals surface area contributed by atoms with Crippen molar-refractivity contribution in [3.8, 4) is 0 Å². The molecule has 1 aliphatic carbocycles. The van der Waals surface area contributed by atoms with E-state index in [1.165, 1.54) is 19.3 Å². The highest BCUT2D eigenvalue weighted by Crippen LogP contribution is 2.25. The molecule has 0 radical (unpaired) electrons.